The van der Waals surface area contributed by atoms with Gasteiger partial charge in [-0.25, -0.2) is 0 Å². The Bertz CT molecular complexity index is 1080. The molecule has 7 nitrogen and oxygen atoms in total. The third-order valence-electron chi connectivity index (χ3n) is 5.45. The molecule has 1 fully saturated rings. The van der Waals surface area contributed by atoms with Gasteiger partial charge in [-0.2, -0.15) is 0 Å². The zero-order valence-electron chi connectivity index (χ0n) is 16.1. The van der Waals surface area contributed by atoms with Crippen LogP contribution < -0.4 is 11.3 Å². The summed E-state index contributed by atoms with van der Waals surface area (Å²) in [4.78, 5) is 34.0. The molecule has 4 N–H and O–H groups in total. The van der Waals surface area contributed by atoms with Gasteiger partial charge in [0.05, 0.1) is 11.3 Å². The van der Waals surface area contributed by atoms with Crippen LogP contribution in [0.2, 0.25) is 0 Å². The van der Waals surface area contributed by atoms with Gasteiger partial charge >= 0.3 is 0 Å². The van der Waals surface area contributed by atoms with Crippen molar-refractivity contribution in [3.63, 3.8) is 0 Å². The molecule has 1 amide bonds. The summed E-state index contributed by atoms with van der Waals surface area (Å²) in [7, 11) is 4.27. The SMILES string of the molecule is CN(C)[C@@H]1CCN(Cc2ccc3[nH]c(-c4c[c]c(C(N)=O)[nH]c4=O)cc3c2)C1. The highest BCUT2D eigenvalue weighted by Crippen LogP contribution is 2.24. The Morgan fingerprint density at radius 3 is 2.82 bits per heavy atom. The second kappa shape index (κ2) is 7.26. The topological polar surface area (TPSA) is 98.2 Å². The summed E-state index contributed by atoms with van der Waals surface area (Å²) in [6, 6.07) is 13.1. The molecule has 4 rings (SSSR count). The molecule has 145 valence electrons. The average Bonchev–Trinajstić information content (AvgIpc) is 3.28. The van der Waals surface area contributed by atoms with E-state index in [4.69, 9.17) is 5.73 Å². The molecule has 2 aromatic heterocycles. The normalized spacial score (nSPS) is 17.6. The van der Waals surface area contributed by atoms with Crippen LogP contribution in [-0.4, -0.2) is 58.9 Å². The van der Waals surface area contributed by atoms with Crippen LogP contribution in [0.15, 0.2) is 35.1 Å². The first-order chi connectivity index (χ1) is 13.4. The zero-order chi connectivity index (χ0) is 19.8. The number of nitrogens with zero attached hydrogens (tertiary/aromatic N) is 2. The molecule has 0 spiro atoms. The number of benzene rings is 1. The highest BCUT2D eigenvalue weighted by molar-refractivity contribution is 5.91. The molecule has 1 radical (unpaired) electrons. The minimum Gasteiger partial charge on any atom is -0.364 e. The molecule has 0 saturated carbocycles. The number of carbonyl (C=O) groups excluding carboxylic acids is 1. The summed E-state index contributed by atoms with van der Waals surface area (Å²) in [6.45, 7) is 3.11. The number of likely N-dealkylation sites (N-methyl/N-ethyl adjacent to an activating group) is 1. The van der Waals surface area contributed by atoms with Gasteiger partial charge in [-0.1, -0.05) is 6.07 Å². The van der Waals surface area contributed by atoms with Gasteiger partial charge in [0.15, 0.2) is 0 Å². The number of nitrogens with two attached hydrogens (primary N) is 1. The lowest BCUT2D eigenvalue weighted by Crippen LogP contribution is -2.31. The standard InChI is InChI=1S/C21H24N5O2/c1-25(2)15-7-8-26(12-15)11-13-3-5-17-14(9-13)10-19(23-17)16-4-6-18(20(22)27)24-21(16)28/h3-5,9-10,15,23H,7-8,11-12H2,1-2H3,(H2,22,27)(H,24,28)/t15-/m1/s1. The number of fused-ring (bicyclic) bond motifs is 1. The number of nitrogens with one attached hydrogen (secondary N) is 2. The summed E-state index contributed by atoms with van der Waals surface area (Å²) >= 11 is 0. The zero-order valence-corrected chi connectivity index (χ0v) is 16.1. The number of carbonyl (C=O) groups is 1. The first kappa shape index (κ1) is 18.5. The molecule has 0 aliphatic carbocycles. The molecule has 3 heterocycles. The number of amides is 1. The molecule has 1 aromatic carbocycles. The van der Waals surface area contributed by atoms with E-state index in [0.29, 0.717) is 17.3 Å². The van der Waals surface area contributed by atoms with Crippen LogP contribution in [-0.2, 0) is 6.54 Å². The monoisotopic (exact) mass is 378 g/mol. The van der Waals surface area contributed by atoms with Gasteiger partial charge in [-0.05, 0) is 50.3 Å². The van der Waals surface area contributed by atoms with Gasteiger partial charge in [-0.15, -0.1) is 0 Å². The molecule has 0 bridgehead atoms. The molecule has 1 saturated heterocycles. The lowest BCUT2D eigenvalue weighted by atomic mass is 10.1. The van der Waals surface area contributed by atoms with E-state index in [1.165, 1.54) is 18.1 Å². The first-order valence-electron chi connectivity index (χ1n) is 9.36. The van der Waals surface area contributed by atoms with Gasteiger partial charge in [0, 0.05) is 42.6 Å². The molecule has 7 heteroatoms. The van der Waals surface area contributed by atoms with Crippen LogP contribution in [0.3, 0.4) is 0 Å². The molecular weight excluding hydrogens is 354 g/mol. The van der Waals surface area contributed by atoms with Crippen molar-refractivity contribution in [2.75, 3.05) is 27.2 Å². The number of pyridine rings is 1. The molecule has 0 unspecified atom stereocenters. The Kier molecular flexibility index (Phi) is 4.78. The Morgan fingerprint density at radius 2 is 2.14 bits per heavy atom. The summed E-state index contributed by atoms with van der Waals surface area (Å²) in [6.07, 6.45) is 1.20. The lowest BCUT2D eigenvalue weighted by Gasteiger charge is -2.20. The van der Waals surface area contributed by atoms with E-state index in [0.717, 1.165) is 30.5 Å². The molecule has 1 aliphatic rings. The predicted octanol–water partition coefficient (Wildman–Crippen LogP) is 1.56. The smallest absolute Gasteiger partial charge is 0.265 e. The Labute approximate surface area is 163 Å². The molecule has 3 aromatic rings. The number of aromatic amines is 2. The Balaban J connectivity index is 1.57. The minimum absolute atomic E-state index is 0.0196. The van der Waals surface area contributed by atoms with Gasteiger partial charge in [0.25, 0.3) is 11.5 Å². The second-order valence-corrected chi connectivity index (χ2v) is 7.64. The third kappa shape index (κ3) is 3.58. The number of likely N-dealkylation sites (tertiary alicyclic amines) is 1. The lowest BCUT2D eigenvalue weighted by molar-refractivity contribution is 0.0995. The molecule has 28 heavy (non-hydrogen) atoms. The summed E-state index contributed by atoms with van der Waals surface area (Å²) in [5, 5.41) is 1.05. The number of rotatable bonds is 5. The quantitative estimate of drug-likeness (QED) is 0.627. The van der Waals surface area contributed by atoms with E-state index in [1.54, 1.807) is 0 Å². The van der Waals surface area contributed by atoms with Crippen LogP contribution in [0.5, 0.6) is 0 Å². The van der Waals surface area contributed by atoms with Gasteiger partial charge in [0.2, 0.25) is 0 Å². The average molecular weight is 378 g/mol. The van der Waals surface area contributed by atoms with E-state index in [2.05, 4.69) is 52.1 Å². The Hall–Kier alpha value is -2.90. The molecular formula is C21H24N5O2. The number of hydrogen-bond acceptors (Lipinski definition) is 4. The van der Waals surface area contributed by atoms with E-state index >= 15 is 0 Å². The van der Waals surface area contributed by atoms with Crippen LogP contribution in [0.1, 0.15) is 22.5 Å². The van der Waals surface area contributed by atoms with Gasteiger partial charge in [0.1, 0.15) is 5.69 Å². The van der Waals surface area contributed by atoms with E-state index in [-0.39, 0.29) is 11.3 Å². The maximum absolute atomic E-state index is 12.3. The second-order valence-electron chi connectivity index (χ2n) is 7.64. The number of aromatic nitrogens is 2. The van der Waals surface area contributed by atoms with Crippen molar-refractivity contribution in [1.82, 2.24) is 19.8 Å². The van der Waals surface area contributed by atoms with Crippen molar-refractivity contribution in [3.8, 4) is 11.3 Å². The van der Waals surface area contributed by atoms with Gasteiger partial charge < -0.3 is 20.6 Å². The summed E-state index contributed by atoms with van der Waals surface area (Å²) in [5.41, 5.74) is 8.13. The summed E-state index contributed by atoms with van der Waals surface area (Å²) in [5.74, 6) is -0.705. The predicted molar refractivity (Wildman–Crippen MR) is 109 cm³/mol. The van der Waals surface area contributed by atoms with Crippen LogP contribution in [0.4, 0.5) is 0 Å². The minimum atomic E-state index is -0.705. The number of primary amides is 1. The van der Waals surface area contributed by atoms with Crippen LogP contribution >= 0.6 is 0 Å². The van der Waals surface area contributed by atoms with Crippen LogP contribution in [0.25, 0.3) is 22.2 Å². The molecule has 1 aliphatic heterocycles. The maximum Gasteiger partial charge on any atom is 0.265 e. The van der Waals surface area contributed by atoms with Crippen LogP contribution in [0, 0.1) is 6.07 Å². The first-order valence-corrected chi connectivity index (χ1v) is 9.36. The highest BCUT2D eigenvalue weighted by Gasteiger charge is 2.23. The fourth-order valence-corrected chi connectivity index (χ4v) is 3.82. The fourth-order valence-electron chi connectivity index (χ4n) is 3.82. The number of hydrogen-bond donors (Lipinski definition) is 3. The molecule has 1 atom stereocenters. The number of H-pyrrole nitrogens is 2. The Morgan fingerprint density at radius 1 is 1.32 bits per heavy atom. The fraction of sp³-hybridized carbons (Fsp3) is 0.333. The highest BCUT2D eigenvalue weighted by atomic mass is 16.1. The van der Waals surface area contributed by atoms with Gasteiger partial charge in [-0.3, -0.25) is 14.5 Å². The van der Waals surface area contributed by atoms with Crippen molar-refractivity contribution in [2.24, 2.45) is 5.73 Å². The largest absolute Gasteiger partial charge is 0.364 e. The third-order valence-corrected chi connectivity index (χ3v) is 5.45. The van der Waals surface area contributed by atoms with Crippen molar-refractivity contribution >= 4 is 16.8 Å². The summed E-state index contributed by atoms with van der Waals surface area (Å²) < 4.78 is 0. The van der Waals surface area contributed by atoms with E-state index in [1.807, 2.05) is 12.1 Å². The van der Waals surface area contributed by atoms with E-state index < -0.39 is 5.91 Å². The van der Waals surface area contributed by atoms with Crippen molar-refractivity contribution < 1.29 is 4.79 Å². The van der Waals surface area contributed by atoms with E-state index in [9.17, 15) is 9.59 Å². The maximum atomic E-state index is 12.3. The van der Waals surface area contributed by atoms with Crippen molar-refractivity contribution in [3.05, 3.63) is 58.0 Å². The van der Waals surface area contributed by atoms with Crippen molar-refractivity contribution in [2.45, 2.75) is 19.0 Å². The van der Waals surface area contributed by atoms with Crippen molar-refractivity contribution in [1.29, 1.82) is 0 Å².